The number of ether oxygens (including phenoxy) is 3. The van der Waals surface area contributed by atoms with Crippen LogP contribution in [0.3, 0.4) is 0 Å². The molecule has 0 radical (unpaired) electrons. The fourth-order valence-corrected chi connectivity index (χ4v) is 7.79. The van der Waals surface area contributed by atoms with Crippen molar-refractivity contribution in [1.82, 2.24) is 5.32 Å². The number of ketones is 1. The van der Waals surface area contributed by atoms with E-state index in [1.165, 1.54) is 23.1 Å². The summed E-state index contributed by atoms with van der Waals surface area (Å²) in [6.07, 6.45) is 0.699. The first kappa shape index (κ1) is 40.8. The molecule has 4 aromatic carbocycles. The normalized spacial score (nSPS) is 13.9. The van der Waals surface area contributed by atoms with Gasteiger partial charge in [-0.3, -0.25) is 9.69 Å². The molecule has 10 nitrogen and oxygen atoms in total. The minimum Gasteiger partial charge on any atom is -0.456 e. The van der Waals surface area contributed by atoms with Gasteiger partial charge in [-0.1, -0.05) is 91.5 Å². The van der Waals surface area contributed by atoms with Crippen molar-refractivity contribution in [3.05, 3.63) is 131 Å². The van der Waals surface area contributed by atoms with Crippen molar-refractivity contribution in [1.29, 1.82) is 0 Å². The molecule has 1 atom stereocenters. The zero-order valence-corrected chi connectivity index (χ0v) is 31.5. The van der Waals surface area contributed by atoms with E-state index in [0.29, 0.717) is 29.5 Å². The second kappa shape index (κ2) is 18.9. The molecule has 57 heavy (non-hydrogen) atoms. The number of carbonyl (C=O) groups is 4. The Labute approximate surface area is 330 Å². The second-order valence-corrected chi connectivity index (χ2v) is 14.2. The monoisotopic (exact) mass is 805 g/mol. The molecule has 0 unspecified atom stereocenters. The summed E-state index contributed by atoms with van der Waals surface area (Å²) in [6.45, 7) is 2.59. The maximum atomic E-state index is 15.7. The summed E-state index contributed by atoms with van der Waals surface area (Å²) >= 11 is 0.668. The quantitative estimate of drug-likeness (QED) is 0.0241. The number of hydrogen-bond acceptors (Lipinski definition) is 9. The van der Waals surface area contributed by atoms with Crippen LogP contribution in [-0.2, 0) is 19.0 Å². The summed E-state index contributed by atoms with van der Waals surface area (Å²) in [5, 5.41) is 2.42. The summed E-state index contributed by atoms with van der Waals surface area (Å²) in [4.78, 5) is 54.1. The molecule has 0 bridgehead atoms. The predicted octanol–water partition coefficient (Wildman–Crippen LogP) is 8.39. The van der Waals surface area contributed by atoms with Crippen LogP contribution in [0.1, 0.15) is 46.7 Å². The van der Waals surface area contributed by atoms with E-state index in [1.807, 2.05) is 48.5 Å². The number of piperidine rings is 1. The van der Waals surface area contributed by atoms with Crippen LogP contribution in [0, 0.1) is 23.3 Å². The van der Waals surface area contributed by atoms with Gasteiger partial charge >= 0.3 is 18.2 Å². The van der Waals surface area contributed by atoms with E-state index in [0.717, 1.165) is 28.7 Å². The minimum atomic E-state index is -1.82. The van der Waals surface area contributed by atoms with Crippen molar-refractivity contribution < 1.29 is 51.0 Å². The number of fused-ring (bicyclic) bond motifs is 3. The summed E-state index contributed by atoms with van der Waals surface area (Å²) < 4.78 is 78.3. The molecule has 4 aromatic rings. The number of nitrogens with zero attached hydrogens (tertiary/aromatic N) is 2. The minimum absolute atomic E-state index is 0.104. The van der Waals surface area contributed by atoms with Crippen LogP contribution >= 0.6 is 11.8 Å². The van der Waals surface area contributed by atoms with Gasteiger partial charge in [-0.25, -0.2) is 31.9 Å². The number of benzene rings is 4. The number of amides is 2. The van der Waals surface area contributed by atoms with Gasteiger partial charge in [0.25, 0.3) is 0 Å². The number of carbonyl (C=O) groups excluding carboxylic acids is 4. The highest BCUT2D eigenvalue weighted by Gasteiger charge is 2.36. The van der Waals surface area contributed by atoms with E-state index in [4.69, 9.17) is 14.2 Å². The Morgan fingerprint density at radius 3 is 2.02 bits per heavy atom. The third-order valence-corrected chi connectivity index (χ3v) is 10.6. The lowest BCUT2D eigenvalue weighted by Gasteiger charge is -2.31. The molecule has 1 heterocycles. The van der Waals surface area contributed by atoms with Gasteiger partial charge in [0.05, 0.1) is 5.88 Å². The Balaban J connectivity index is 1.20. The largest absolute Gasteiger partial charge is 0.456 e. The van der Waals surface area contributed by atoms with Crippen LogP contribution in [0.2, 0.25) is 0 Å². The van der Waals surface area contributed by atoms with Gasteiger partial charge in [0.2, 0.25) is 0 Å². The number of alkyl carbamates (subject to hydrolysis) is 1. The van der Waals surface area contributed by atoms with Crippen LogP contribution in [0.25, 0.3) is 11.1 Å². The second-order valence-electron chi connectivity index (χ2n) is 13.2. The topological polar surface area (TPSA) is 114 Å². The van der Waals surface area contributed by atoms with Crippen LogP contribution in [-0.4, -0.2) is 74.5 Å². The van der Waals surface area contributed by atoms with Gasteiger partial charge < -0.3 is 24.4 Å². The summed E-state index contributed by atoms with van der Waals surface area (Å²) in [6, 6.07) is 21.8. The van der Waals surface area contributed by atoms with Gasteiger partial charge in [-0.05, 0) is 41.5 Å². The lowest BCUT2D eigenvalue weighted by molar-refractivity contribution is -0.144. The van der Waals surface area contributed by atoms with Crippen molar-refractivity contribution in [2.45, 2.75) is 31.2 Å². The summed E-state index contributed by atoms with van der Waals surface area (Å²) in [5.74, 6) is -10.1. The van der Waals surface area contributed by atoms with Crippen LogP contribution in [0.4, 0.5) is 38.5 Å². The standard InChI is InChI=1S/C42H39F4N3O7S/c1-2-21-54-42(53)49(39-36(45)34(43)38(35(44)37(39)46)48-19-11-4-12-20-48)25-57-24-32(40(51)55-23-33(50)26-13-5-3-6-14-26)47-41(52)56-22-31-29-17-9-7-15-27(29)28-16-8-10-18-30(28)31/h2-3,5-10,13-18,31-32H,1,4,11-12,19-25H2,(H,47,52)/t32-/m0/s1. The van der Waals surface area contributed by atoms with Gasteiger partial charge in [-0.15, -0.1) is 11.8 Å². The molecular weight excluding hydrogens is 767 g/mol. The van der Waals surface area contributed by atoms with Crippen LogP contribution in [0.5, 0.6) is 0 Å². The SMILES string of the molecule is C=CCOC(=O)N(CSC[C@H](NC(=O)OCC1c2ccccc2-c2ccccc21)C(=O)OCC(=O)c1ccccc1)c1c(F)c(F)c(N2CCCCC2)c(F)c1F. The van der Waals surface area contributed by atoms with E-state index >= 15 is 17.6 Å². The van der Waals surface area contributed by atoms with Crippen molar-refractivity contribution >= 4 is 47.1 Å². The number of rotatable bonds is 15. The molecule has 1 saturated heterocycles. The van der Waals surface area contributed by atoms with Crippen LogP contribution in [0.15, 0.2) is 91.5 Å². The average molecular weight is 806 g/mol. The van der Waals surface area contributed by atoms with Gasteiger partial charge in [0.15, 0.2) is 35.7 Å². The molecule has 0 aromatic heterocycles. The van der Waals surface area contributed by atoms with E-state index in [2.05, 4.69) is 11.9 Å². The highest BCUT2D eigenvalue weighted by Crippen LogP contribution is 2.44. The summed E-state index contributed by atoms with van der Waals surface area (Å²) in [7, 11) is 0. The van der Waals surface area contributed by atoms with Crippen molar-refractivity contribution in [3.63, 3.8) is 0 Å². The molecule has 1 fully saturated rings. The molecule has 0 spiro atoms. The third-order valence-electron chi connectivity index (χ3n) is 9.57. The molecule has 2 amide bonds. The zero-order chi connectivity index (χ0) is 40.5. The van der Waals surface area contributed by atoms with E-state index in [1.54, 1.807) is 18.2 Å². The molecule has 1 aliphatic carbocycles. The third kappa shape index (κ3) is 9.25. The number of nitrogens with one attached hydrogen (secondary N) is 1. The number of anilines is 2. The first-order valence-corrected chi connectivity index (χ1v) is 19.4. The Morgan fingerprint density at radius 1 is 0.807 bits per heavy atom. The molecule has 298 valence electrons. The predicted molar refractivity (Wildman–Crippen MR) is 207 cm³/mol. The van der Waals surface area contributed by atoms with Gasteiger partial charge in [-0.2, -0.15) is 0 Å². The lowest BCUT2D eigenvalue weighted by Crippen LogP contribution is -2.45. The van der Waals surface area contributed by atoms with Crippen molar-refractivity contribution in [3.8, 4) is 11.1 Å². The van der Waals surface area contributed by atoms with E-state index < -0.39 is 89.5 Å². The van der Waals surface area contributed by atoms with E-state index in [9.17, 15) is 19.2 Å². The van der Waals surface area contributed by atoms with E-state index in [-0.39, 0.29) is 31.2 Å². The number of thioether (sulfide) groups is 1. The van der Waals surface area contributed by atoms with Crippen molar-refractivity contribution in [2.75, 3.05) is 54.3 Å². The Bertz CT molecular complexity index is 2060. The lowest BCUT2D eigenvalue weighted by atomic mass is 9.98. The number of hydrogen-bond donors (Lipinski definition) is 1. The average Bonchev–Trinajstić information content (AvgIpc) is 3.56. The van der Waals surface area contributed by atoms with Crippen LogP contribution < -0.4 is 15.1 Å². The molecule has 15 heteroatoms. The highest BCUT2D eigenvalue weighted by atomic mass is 32.2. The first-order chi connectivity index (χ1) is 27.6. The molecule has 6 rings (SSSR count). The van der Waals surface area contributed by atoms with Gasteiger partial charge in [0.1, 0.15) is 30.6 Å². The number of halogens is 4. The molecule has 1 aliphatic heterocycles. The fraction of sp³-hybridized carbons (Fsp3) is 0.286. The smallest absolute Gasteiger partial charge is 0.415 e. The molecule has 0 saturated carbocycles. The Morgan fingerprint density at radius 2 is 1.40 bits per heavy atom. The van der Waals surface area contributed by atoms with Crippen molar-refractivity contribution in [2.24, 2.45) is 0 Å². The molecular formula is C42H39F4N3O7S. The highest BCUT2D eigenvalue weighted by molar-refractivity contribution is 7.99. The zero-order valence-electron chi connectivity index (χ0n) is 30.7. The Hall–Kier alpha value is -5.83. The number of Topliss-reactive ketones (excluding diaryl/α,β-unsaturated/α-hetero) is 1. The molecule has 1 N–H and O–H groups in total. The Kier molecular flexibility index (Phi) is 13.5. The summed E-state index contributed by atoms with van der Waals surface area (Å²) in [5.41, 5.74) is 1.92. The number of esters is 1. The maximum Gasteiger partial charge on any atom is 0.415 e. The molecule has 2 aliphatic rings. The first-order valence-electron chi connectivity index (χ1n) is 18.2. The fourth-order valence-electron chi connectivity index (χ4n) is 6.81. The van der Waals surface area contributed by atoms with Gasteiger partial charge in [0, 0.05) is 30.3 Å². The maximum absolute atomic E-state index is 15.7.